The molecule has 0 spiro atoms. The number of thiazole rings is 1. The van der Waals surface area contributed by atoms with Gasteiger partial charge in [0, 0.05) is 10.5 Å². The predicted octanol–water partition coefficient (Wildman–Crippen LogP) is 5.55. The maximum Gasteiger partial charge on any atom is 0.238 e. The van der Waals surface area contributed by atoms with Gasteiger partial charge in [-0.1, -0.05) is 30.0 Å². The molecule has 9 heteroatoms. The smallest absolute Gasteiger partial charge is 0.229 e. The molecule has 152 valence electrons. The number of primary sulfonamides is 1. The maximum absolute atomic E-state index is 13.5. The second-order valence-electron chi connectivity index (χ2n) is 6.29. The zero-order chi connectivity index (χ0) is 21.3. The minimum atomic E-state index is -3.80. The lowest BCUT2D eigenvalue weighted by atomic mass is 10.1. The van der Waals surface area contributed by atoms with Gasteiger partial charge in [0.25, 0.3) is 0 Å². The van der Waals surface area contributed by atoms with Gasteiger partial charge in [-0.05, 0) is 60.2 Å². The van der Waals surface area contributed by atoms with Gasteiger partial charge in [0.05, 0.1) is 15.5 Å². The number of halogens is 2. The summed E-state index contributed by atoms with van der Waals surface area (Å²) in [5, 5.41) is 5.18. The van der Waals surface area contributed by atoms with Crippen LogP contribution in [-0.2, 0) is 10.0 Å². The normalized spacial score (nSPS) is 11.6. The Morgan fingerprint density at radius 1 is 0.867 bits per heavy atom. The Morgan fingerprint density at radius 3 is 2.17 bits per heavy atom. The van der Waals surface area contributed by atoms with Crippen molar-refractivity contribution in [3.8, 4) is 21.7 Å². The molecule has 0 bridgehead atoms. The Morgan fingerprint density at radius 2 is 1.53 bits per heavy atom. The second kappa shape index (κ2) is 8.27. The van der Waals surface area contributed by atoms with E-state index in [1.54, 1.807) is 36.4 Å². The minimum absolute atomic E-state index is 0.00783. The first kappa shape index (κ1) is 20.7. The maximum atomic E-state index is 13.5. The first-order valence-electron chi connectivity index (χ1n) is 8.63. The van der Waals surface area contributed by atoms with Crippen molar-refractivity contribution in [3.63, 3.8) is 0 Å². The predicted molar refractivity (Wildman–Crippen MR) is 115 cm³/mol. The van der Waals surface area contributed by atoms with Crippen molar-refractivity contribution in [2.75, 3.05) is 0 Å². The SMILES string of the molecule is NS(=O)(=O)c1ccc(-c2sc(Sc3cccc(F)c3)nc2-c2ccc(F)cc2)cc1. The van der Waals surface area contributed by atoms with Crippen LogP contribution < -0.4 is 5.14 Å². The van der Waals surface area contributed by atoms with Gasteiger partial charge in [0.1, 0.15) is 11.6 Å². The molecule has 2 N–H and O–H groups in total. The zero-order valence-electron chi connectivity index (χ0n) is 15.2. The molecule has 30 heavy (non-hydrogen) atoms. The van der Waals surface area contributed by atoms with Crippen LogP contribution in [0.2, 0.25) is 0 Å². The van der Waals surface area contributed by atoms with Crippen LogP contribution >= 0.6 is 23.1 Å². The summed E-state index contributed by atoms with van der Waals surface area (Å²) < 4.78 is 50.7. The highest BCUT2D eigenvalue weighted by Crippen LogP contribution is 2.42. The van der Waals surface area contributed by atoms with E-state index < -0.39 is 10.0 Å². The van der Waals surface area contributed by atoms with Crippen molar-refractivity contribution in [1.82, 2.24) is 4.98 Å². The van der Waals surface area contributed by atoms with Crippen LogP contribution in [0.5, 0.6) is 0 Å². The summed E-state index contributed by atoms with van der Waals surface area (Å²) in [6.07, 6.45) is 0. The molecule has 0 aliphatic carbocycles. The lowest BCUT2D eigenvalue weighted by Crippen LogP contribution is -2.11. The fourth-order valence-corrected chi connectivity index (χ4v) is 5.47. The molecular formula is C21H14F2N2O2S3. The molecule has 0 unspecified atom stereocenters. The van der Waals surface area contributed by atoms with Crippen LogP contribution in [0.25, 0.3) is 21.7 Å². The molecule has 0 amide bonds. The number of hydrogen-bond acceptors (Lipinski definition) is 5. The number of benzene rings is 3. The number of nitrogens with two attached hydrogens (primary N) is 1. The lowest BCUT2D eigenvalue weighted by Gasteiger charge is -2.04. The van der Waals surface area contributed by atoms with Gasteiger partial charge in [-0.25, -0.2) is 27.3 Å². The third kappa shape index (κ3) is 4.59. The van der Waals surface area contributed by atoms with Crippen molar-refractivity contribution < 1.29 is 17.2 Å². The van der Waals surface area contributed by atoms with Gasteiger partial charge < -0.3 is 0 Å². The van der Waals surface area contributed by atoms with Crippen LogP contribution in [0.4, 0.5) is 8.78 Å². The molecule has 0 fully saturated rings. The molecule has 0 atom stereocenters. The summed E-state index contributed by atoms with van der Waals surface area (Å²) in [7, 11) is -3.80. The summed E-state index contributed by atoms with van der Waals surface area (Å²) in [5.41, 5.74) is 2.08. The molecule has 4 aromatic rings. The molecule has 3 aromatic carbocycles. The third-order valence-corrected chi connectivity index (χ3v) is 7.26. The summed E-state index contributed by atoms with van der Waals surface area (Å²) in [6.45, 7) is 0. The number of rotatable bonds is 5. The highest BCUT2D eigenvalue weighted by atomic mass is 32.2. The van der Waals surface area contributed by atoms with Crippen molar-refractivity contribution in [2.24, 2.45) is 5.14 Å². The summed E-state index contributed by atoms with van der Waals surface area (Å²) in [6, 6.07) is 18.3. The average molecular weight is 461 g/mol. The van der Waals surface area contributed by atoms with Crippen molar-refractivity contribution in [2.45, 2.75) is 14.1 Å². The zero-order valence-corrected chi connectivity index (χ0v) is 17.7. The van der Waals surface area contributed by atoms with Gasteiger partial charge in [0.15, 0.2) is 4.34 Å². The van der Waals surface area contributed by atoms with Crippen LogP contribution in [0.15, 0.2) is 86.9 Å². The number of sulfonamides is 1. The van der Waals surface area contributed by atoms with Crippen molar-refractivity contribution >= 4 is 33.1 Å². The average Bonchev–Trinajstić information content (AvgIpc) is 3.12. The molecule has 0 saturated carbocycles. The van der Waals surface area contributed by atoms with Gasteiger partial charge in [-0.15, -0.1) is 11.3 Å². The lowest BCUT2D eigenvalue weighted by molar-refractivity contribution is 0.598. The van der Waals surface area contributed by atoms with Crippen LogP contribution in [0, 0.1) is 11.6 Å². The van der Waals surface area contributed by atoms with Crippen LogP contribution in [-0.4, -0.2) is 13.4 Å². The van der Waals surface area contributed by atoms with E-state index >= 15 is 0 Å². The quantitative estimate of drug-likeness (QED) is 0.424. The Labute approximate surface area is 180 Å². The first-order chi connectivity index (χ1) is 14.3. The van der Waals surface area contributed by atoms with Crippen LogP contribution in [0.1, 0.15) is 0 Å². The number of aromatic nitrogens is 1. The van der Waals surface area contributed by atoms with E-state index in [1.807, 2.05) is 0 Å². The summed E-state index contributed by atoms with van der Waals surface area (Å²) in [5.74, 6) is -0.698. The Balaban J connectivity index is 1.79. The summed E-state index contributed by atoms with van der Waals surface area (Å²) >= 11 is 2.69. The molecule has 0 aliphatic heterocycles. The van der Waals surface area contributed by atoms with Gasteiger partial charge in [0.2, 0.25) is 10.0 Å². The van der Waals surface area contributed by atoms with E-state index in [4.69, 9.17) is 5.14 Å². The van der Waals surface area contributed by atoms with Crippen molar-refractivity contribution in [1.29, 1.82) is 0 Å². The Bertz CT molecular complexity index is 1300. The molecule has 0 saturated heterocycles. The fraction of sp³-hybridized carbons (Fsp3) is 0. The highest BCUT2D eigenvalue weighted by Gasteiger charge is 2.17. The van der Waals surface area contributed by atoms with E-state index in [0.717, 1.165) is 10.4 Å². The van der Waals surface area contributed by atoms with Crippen LogP contribution in [0.3, 0.4) is 0 Å². The van der Waals surface area contributed by atoms with E-state index in [1.165, 1.54) is 59.5 Å². The largest absolute Gasteiger partial charge is 0.238 e. The number of hydrogen-bond donors (Lipinski definition) is 1. The third-order valence-electron chi connectivity index (χ3n) is 4.17. The van der Waals surface area contributed by atoms with Gasteiger partial charge in [-0.2, -0.15) is 0 Å². The second-order valence-corrected chi connectivity index (χ2v) is 10.2. The molecule has 0 radical (unpaired) electrons. The summed E-state index contributed by atoms with van der Waals surface area (Å²) in [4.78, 5) is 6.16. The molecule has 4 rings (SSSR count). The molecule has 4 nitrogen and oxygen atoms in total. The molecular weight excluding hydrogens is 446 g/mol. The molecule has 1 aromatic heterocycles. The van der Waals surface area contributed by atoms with E-state index in [2.05, 4.69) is 4.98 Å². The molecule has 1 heterocycles. The minimum Gasteiger partial charge on any atom is -0.229 e. The number of nitrogens with zero attached hydrogens (tertiary/aromatic N) is 1. The topological polar surface area (TPSA) is 73.1 Å². The Kier molecular flexibility index (Phi) is 5.70. The first-order valence-corrected chi connectivity index (χ1v) is 11.8. The highest BCUT2D eigenvalue weighted by molar-refractivity contribution is 8.01. The van der Waals surface area contributed by atoms with E-state index in [0.29, 0.717) is 20.5 Å². The monoisotopic (exact) mass is 460 g/mol. The van der Waals surface area contributed by atoms with E-state index in [9.17, 15) is 17.2 Å². The fourth-order valence-electron chi connectivity index (χ4n) is 2.77. The van der Waals surface area contributed by atoms with E-state index in [-0.39, 0.29) is 16.5 Å². The van der Waals surface area contributed by atoms with Gasteiger partial charge >= 0.3 is 0 Å². The molecule has 0 aliphatic rings. The Hall–Kier alpha value is -2.59. The standard InChI is InChI=1S/C21H14F2N2O2S3/c22-15-8-4-13(5-9-15)19-20(14-6-10-18(11-7-14)30(24,26)27)29-21(25-19)28-17-3-1-2-16(23)12-17/h1-12H,(H2,24,26,27). The van der Waals surface area contributed by atoms with Crippen molar-refractivity contribution in [3.05, 3.63) is 84.4 Å². The van der Waals surface area contributed by atoms with Gasteiger partial charge in [-0.3, -0.25) is 0 Å².